The lowest BCUT2D eigenvalue weighted by Gasteiger charge is -2.48. The average molecular weight is 1270 g/mol. The minimum atomic E-state index is -1.98. The highest BCUT2D eigenvalue weighted by Crippen LogP contribution is 2.33. The number of unbranched alkanes of at least 4 members (excludes halogenated alkanes) is 35. The summed E-state index contributed by atoms with van der Waals surface area (Å²) in [6, 6.07) is -0.989. The summed E-state index contributed by atoms with van der Waals surface area (Å²) in [6.45, 7) is 1.74. The zero-order chi connectivity index (χ0) is 64.7. The van der Waals surface area contributed by atoms with Crippen molar-refractivity contribution in [3.8, 4) is 0 Å². The van der Waals surface area contributed by atoms with Gasteiger partial charge in [0.1, 0.15) is 73.2 Å². The second kappa shape index (κ2) is 52.3. The fourth-order valence-corrected chi connectivity index (χ4v) is 12.1. The monoisotopic (exact) mass is 1270 g/mol. The summed E-state index contributed by atoms with van der Waals surface area (Å²) in [6.07, 6.45) is 34.1. The van der Waals surface area contributed by atoms with Crippen LogP contribution in [0.3, 0.4) is 0 Å². The standard InChI is InChI=1S/C70H129NO18/c1-3-5-7-9-11-13-15-17-19-21-23-24-25-26-27-28-30-32-34-36-38-40-42-44-46-48-58(76)71-53(54(75)47-45-43-41-39-37-35-33-31-29-22-20-18-16-14-12-10-8-6-4-2)52-84-68-64(82)61(79)66(56(50-73)86-68)89-70-65(83)62(80)67(57(51-74)87-70)88-69-63(81)60(78)59(77)55(49-72)85-69/h21,23,37,39,45,47,53-57,59-70,72-75,77-83H,3-20,22,24-36,38,40-44,46,48-52H2,1-2H3,(H,71,76)/b23-21-,39-37+,47-45+. The number of nitrogens with one attached hydrogen (secondary N) is 1. The summed E-state index contributed by atoms with van der Waals surface area (Å²) < 4.78 is 34.3. The maximum absolute atomic E-state index is 13.4. The van der Waals surface area contributed by atoms with Gasteiger partial charge in [0, 0.05) is 6.42 Å². The Morgan fingerprint density at radius 3 is 1.12 bits per heavy atom. The van der Waals surface area contributed by atoms with E-state index in [0.717, 1.165) is 38.5 Å². The molecule has 0 spiro atoms. The first-order chi connectivity index (χ1) is 43.3. The zero-order valence-electron chi connectivity index (χ0n) is 55.2. The number of hydrogen-bond acceptors (Lipinski definition) is 18. The topological polar surface area (TPSA) is 307 Å². The van der Waals surface area contributed by atoms with E-state index in [1.807, 2.05) is 6.08 Å². The molecule has 3 rings (SSSR count). The van der Waals surface area contributed by atoms with Crippen LogP contribution in [-0.2, 0) is 33.2 Å². The Morgan fingerprint density at radius 2 is 0.719 bits per heavy atom. The van der Waals surface area contributed by atoms with Crippen LogP contribution >= 0.6 is 0 Å². The van der Waals surface area contributed by atoms with Gasteiger partial charge in [-0.2, -0.15) is 0 Å². The molecule has 0 radical (unpaired) electrons. The van der Waals surface area contributed by atoms with Crippen molar-refractivity contribution in [3.63, 3.8) is 0 Å². The molecule has 89 heavy (non-hydrogen) atoms. The molecule has 0 aromatic carbocycles. The fraction of sp³-hybridized carbons (Fsp3) is 0.900. The summed E-state index contributed by atoms with van der Waals surface area (Å²) in [4.78, 5) is 13.4. The van der Waals surface area contributed by atoms with Gasteiger partial charge in [-0.3, -0.25) is 4.79 Å². The molecule has 0 aromatic rings. The lowest BCUT2D eigenvalue weighted by Crippen LogP contribution is -2.66. The predicted molar refractivity (Wildman–Crippen MR) is 346 cm³/mol. The number of carbonyl (C=O) groups excluding carboxylic acids is 1. The van der Waals surface area contributed by atoms with Gasteiger partial charge < -0.3 is 89.9 Å². The van der Waals surface area contributed by atoms with E-state index in [1.165, 1.54) is 199 Å². The lowest BCUT2D eigenvalue weighted by atomic mass is 9.96. The van der Waals surface area contributed by atoms with Crippen molar-refractivity contribution in [2.75, 3.05) is 26.4 Å². The third kappa shape index (κ3) is 34.3. The minimum Gasteiger partial charge on any atom is -0.394 e. The number of carbonyl (C=O) groups is 1. The van der Waals surface area contributed by atoms with Gasteiger partial charge in [-0.15, -0.1) is 0 Å². The molecule has 3 fully saturated rings. The Morgan fingerprint density at radius 1 is 0.393 bits per heavy atom. The summed E-state index contributed by atoms with van der Waals surface area (Å²) in [5.41, 5.74) is 0. The first-order valence-corrected chi connectivity index (χ1v) is 35.7. The Hall–Kier alpha value is -1.99. The van der Waals surface area contributed by atoms with E-state index in [9.17, 15) is 61.0 Å². The molecule has 3 aliphatic heterocycles. The molecule has 19 nitrogen and oxygen atoms in total. The maximum Gasteiger partial charge on any atom is 0.220 e. The van der Waals surface area contributed by atoms with Crippen LogP contribution in [-0.4, -0.2) is 193 Å². The summed E-state index contributed by atoms with van der Waals surface area (Å²) in [7, 11) is 0. The molecular weight excluding hydrogens is 1140 g/mol. The first kappa shape index (κ1) is 81.2. The highest BCUT2D eigenvalue weighted by molar-refractivity contribution is 5.76. The number of ether oxygens (including phenoxy) is 6. The highest BCUT2D eigenvalue weighted by atomic mass is 16.8. The van der Waals surface area contributed by atoms with Crippen LogP contribution in [0.2, 0.25) is 0 Å². The van der Waals surface area contributed by atoms with E-state index in [-0.39, 0.29) is 18.9 Å². The Bertz CT molecular complexity index is 1760. The lowest BCUT2D eigenvalue weighted by molar-refractivity contribution is -0.379. The van der Waals surface area contributed by atoms with Crippen molar-refractivity contribution in [2.24, 2.45) is 0 Å². The quantitative estimate of drug-likeness (QED) is 0.0199. The Kier molecular flexibility index (Phi) is 47.7. The van der Waals surface area contributed by atoms with Crippen LogP contribution in [0.25, 0.3) is 0 Å². The highest BCUT2D eigenvalue weighted by Gasteiger charge is 2.53. The Labute approximate surface area is 536 Å². The minimum absolute atomic E-state index is 0.237. The maximum atomic E-state index is 13.4. The van der Waals surface area contributed by atoms with E-state index in [1.54, 1.807) is 6.08 Å². The van der Waals surface area contributed by atoms with Crippen molar-refractivity contribution < 1.29 is 89.4 Å². The van der Waals surface area contributed by atoms with Gasteiger partial charge in [0.2, 0.25) is 5.91 Å². The molecule has 3 aliphatic rings. The second-order valence-electron chi connectivity index (χ2n) is 25.7. The number of hydrogen-bond donors (Lipinski definition) is 12. The summed E-state index contributed by atoms with van der Waals surface area (Å²) in [5.74, 6) is -0.283. The molecule has 3 heterocycles. The number of rotatable bonds is 55. The largest absolute Gasteiger partial charge is 0.394 e. The van der Waals surface area contributed by atoms with Crippen molar-refractivity contribution >= 4 is 5.91 Å². The fourth-order valence-electron chi connectivity index (χ4n) is 12.1. The SMILES string of the molecule is CCCCCCCCCC/C=C\CCCCCCCCCCCCCCCC(=O)NC(COC1OC(CO)C(OC2OC(CO)C(OC3OC(CO)C(O)C(O)C3O)C(O)C2O)C(O)C1O)C(O)/C=C/CC/C=C/CCCCCCCCCCCCCCC. The van der Waals surface area contributed by atoms with E-state index in [2.05, 4.69) is 43.5 Å². The summed E-state index contributed by atoms with van der Waals surface area (Å²) >= 11 is 0. The van der Waals surface area contributed by atoms with E-state index in [4.69, 9.17) is 28.4 Å². The van der Waals surface area contributed by atoms with Gasteiger partial charge >= 0.3 is 0 Å². The molecule has 0 aliphatic carbocycles. The van der Waals surface area contributed by atoms with Crippen molar-refractivity contribution in [3.05, 3.63) is 36.5 Å². The number of allylic oxidation sites excluding steroid dienone is 5. The van der Waals surface area contributed by atoms with Crippen LogP contribution in [0.1, 0.15) is 271 Å². The molecule has 1 amide bonds. The Balaban J connectivity index is 1.44. The van der Waals surface area contributed by atoms with Crippen LogP contribution in [0.4, 0.5) is 0 Å². The normalized spacial score (nSPS) is 28.4. The second-order valence-corrected chi connectivity index (χ2v) is 25.7. The molecule has 17 unspecified atom stereocenters. The molecule has 0 aromatic heterocycles. The predicted octanol–water partition coefficient (Wildman–Crippen LogP) is 9.61. The molecule has 522 valence electrons. The van der Waals surface area contributed by atoms with Crippen LogP contribution < -0.4 is 5.32 Å². The summed E-state index contributed by atoms with van der Waals surface area (Å²) in [5, 5.41) is 121. The number of aliphatic hydroxyl groups excluding tert-OH is 11. The van der Waals surface area contributed by atoms with Gasteiger partial charge in [0.05, 0.1) is 38.6 Å². The zero-order valence-corrected chi connectivity index (χ0v) is 55.2. The van der Waals surface area contributed by atoms with Gasteiger partial charge in [-0.1, -0.05) is 243 Å². The van der Waals surface area contributed by atoms with Crippen LogP contribution in [0, 0.1) is 0 Å². The number of amides is 1. The van der Waals surface area contributed by atoms with E-state index in [0.29, 0.717) is 12.8 Å². The van der Waals surface area contributed by atoms with Gasteiger partial charge in [0.15, 0.2) is 18.9 Å². The van der Waals surface area contributed by atoms with Crippen molar-refractivity contribution in [1.82, 2.24) is 5.32 Å². The third-order valence-electron chi connectivity index (χ3n) is 17.9. The van der Waals surface area contributed by atoms with Crippen LogP contribution in [0.15, 0.2) is 36.5 Å². The van der Waals surface area contributed by atoms with E-state index < -0.39 is 124 Å². The van der Waals surface area contributed by atoms with E-state index >= 15 is 0 Å². The molecule has 19 heteroatoms. The molecule has 3 saturated heterocycles. The molecule has 0 bridgehead atoms. The molecule has 0 saturated carbocycles. The molecule has 17 atom stereocenters. The van der Waals surface area contributed by atoms with Gasteiger partial charge in [0.25, 0.3) is 0 Å². The van der Waals surface area contributed by atoms with Crippen LogP contribution in [0.5, 0.6) is 0 Å². The average Bonchev–Trinajstić information content (AvgIpc) is 2.44. The smallest absolute Gasteiger partial charge is 0.220 e. The van der Waals surface area contributed by atoms with Crippen molar-refractivity contribution in [1.29, 1.82) is 0 Å². The third-order valence-corrected chi connectivity index (χ3v) is 17.9. The van der Waals surface area contributed by atoms with Gasteiger partial charge in [-0.25, -0.2) is 0 Å². The first-order valence-electron chi connectivity index (χ1n) is 35.7. The van der Waals surface area contributed by atoms with Gasteiger partial charge in [-0.05, 0) is 57.8 Å². The molecule has 12 N–H and O–H groups in total. The number of aliphatic hydroxyl groups is 11. The van der Waals surface area contributed by atoms with Crippen molar-refractivity contribution in [2.45, 2.75) is 375 Å². The molecular formula is C70H129NO18.